The number of allylic oxidation sites excluding steroid dienone is 4. The van der Waals surface area contributed by atoms with E-state index in [1.54, 1.807) is 25.4 Å². The van der Waals surface area contributed by atoms with Crippen LogP contribution in [0.4, 0.5) is 0 Å². The van der Waals surface area contributed by atoms with Crippen LogP contribution in [-0.4, -0.2) is 9.52 Å². The van der Waals surface area contributed by atoms with Crippen molar-refractivity contribution in [3.8, 4) is 0 Å². The van der Waals surface area contributed by atoms with Crippen molar-refractivity contribution in [3.05, 3.63) is 80.9 Å². The molecule has 0 saturated heterocycles. The molecule has 0 nitrogen and oxygen atoms in total. The van der Waals surface area contributed by atoms with Crippen LogP contribution in [0.1, 0.15) is 129 Å². The van der Waals surface area contributed by atoms with Gasteiger partial charge in [0, 0.05) is 0 Å². The summed E-state index contributed by atoms with van der Waals surface area (Å²) in [4.78, 5) is 0. The second-order valence-electron chi connectivity index (χ2n) is 11.6. The van der Waals surface area contributed by atoms with Gasteiger partial charge in [-0.15, -0.1) is 0 Å². The maximum absolute atomic E-state index is 2.43. The first-order chi connectivity index (χ1) is 18.7. The zero-order valence-electron chi connectivity index (χ0n) is 25.7. The molecule has 1 unspecified atom stereocenters. The third-order valence-corrected chi connectivity index (χ3v) is 12.1. The molecule has 0 spiro atoms. The van der Waals surface area contributed by atoms with Gasteiger partial charge in [0.15, 0.2) is 0 Å². The molecule has 0 fully saturated rings. The van der Waals surface area contributed by atoms with E-state index in [2.05, 4.69) is 94.9 Å². The van der Waals surface area contributed by atoms with E-state index >= 15 is 0 Å². The molecule has 2 aromatic rings. The predicted octanol–water partition coefficient (Wildman–Crippen LogP) is 1.01. The second-order valence-corrected chi connectivity index (χ2v) is 14.3. The maximum atomic E-state index is 2.43. The van der Waals surface area contributed by atoms with Crippen LogP contribution >= 0.6 is 0 Å². The molecule has 0 radical (unpaired) electrons. The molecule has 0 aliphatic heterocycles. The first-order valence-electron chi connectivity index (χ1n) is 16.0. The fraction of sp³-hybridized carbons (Fsp3) is 0.556. The van der Waals surface area contributed by atoms with Crippen molar-refractivity contribution in [1.82, 2.24) is 0 Å². The zero-order valence-corrected chi connectivity index (χ0v) is 31.0. The van der Waals surface area contributed by atoms with Gasteiger partial charge < -0.3 is 37.2 Å². The van der Waals surface area contributed by atoms with Gasteiger partial charge in [0.05, 0.1) is 0 Å². The normalized spacial score (nSPS) is 14.8. The molecule has 5 heteroatoms. The minimum absolute atomic E-state index is 0. The van der Waals surface area contributed by atoms with Crippen molar-refractivity contribution in [2.45, 2.75) is 123 Å². The molecule has 2 aromatic carbocycles. The van der Waals surface area contributed by atoms with Crippen LogP contribution in [0.5, 0.6) is 0 Å². The van der Waals surface area contributed by atoms with Gasteiger partial charge in [0.1, 0.15) is 0 Å². The van der Waals surface area contributed by atoms with Gasteiger partial charge in [0.2, 0.25) is 0 Å². The smallest absolute Gasteiger partial charge is 1.00 e. The van der Waals surface area contributed by atoms with E-state index in [4.69, 9.17) is 0 Å². The Morgan fingerprint density at radius 2 is 1.00 bits per heavy atom. The average Bonchev–Trinajstić information content (AvgIpc) is 3.17. The summed E-state index contributed by atoms with van der Waals surface area (Å²) < 4.78 is 1.59. The summed E-state index contributed by atoms with van der Waals surface area (Å²) in [6.45, 7) is 4.73. The van der Waals surface area contributed by atoms with Crippen LogP contribution in [0.25, 0.3) is 5.57 Å². The van der Waals surface area contributed by atoms with Crippen LogP contribution in [0.3, 0.4) is 0 Å². The van der Waals surface area contributed by atoms with E-state index in [-0.39, 0.29) is 37.2 Å². The fourth-order valence-electron chi connectivity index (χ4n) is 6.26. The Hall–Kier alpha value is -0.279. The Kier molecular flexibility index (Phi) is 24.9. The van der Waals surface area contributed by atoms with Crippen molar-refractivity contribution in [3.63, 3.8) is 0 Å². The molecule has 41 heavy (non-hydrogen) atoms. The van der Waals surface area contributed by atoms with E-state index in [0.29, 0.717) is 5.92 Å². The standard InChI is InChI=1S/C36H53Si.3ClH.Ti/c1-3-4-5-6-7-8-9-10-11-12-13-14-15-16-17-24-29-34-31(2)35(32-25-20-18-21-26-32)30-36(34)37-33-27-22-19-23-28-33;;;;/h18-23,25-28,34H,3-17,24,29,37H2,1-2H3;3*1H;/q;;;;+3/p-3. The number of benzene rings is 2. The third kappa shape index (κ3) is 14.8. The SMILES string of the molecule is CCCCCCCCCCCCCCCCCCC1C(C)=C(c2ccccc2)[C]([Ti+3])=C1[SiH2]c1ccccc1.[Cl-].[Cl-].[Cl-]. The number of hydrogen-bond donors (Lipinski definition) is 0. The van der Waals surface area contributed by atoms with Crippen LogP contribution in [0, 0.1) is 5.92 Å². The summed E-state index contributed by atoms with van der Waals surface area (Å²) in [6.07, 6.45) is 24.4. The molecule has 1 aliphatic rings. The Balaban J connectivity index is 0.00000533. The zero-order chi connectivity index (χ0) is 26.8. The number of rotatable bonds is 20. The Morgan fingerprint density at radius 1 is 0.585 bits per heavy atom. The van der Waals surface area contributed by atoms with Crippen molar-refractivity contribution in [2.75, 3.05) is 0 Å². The first kappa shape index (κ1) is 40.7. The average molecular weight is 668 g/mol. The van der Waals surface area contributed by atoms with Crippen molar-refractivity contribution < 1.29 is 57.7 Å². The summed E-state index contributed by atoms with van der Waals surface area (Å²) in [7, 11) is -0.427. The monoisotopic (exact) mass is 666 g/mol. The van der Waals surface area contributed by atoms with Crippen molar-refractivity contribution in [2.24, 2.45) is 5.92 Å². The molecule has 1 aliphatic carbocycles. The molecular weight excluding hydrogens is 615 g/mol. The molecule has 0 bridgehead atoms. The molecule has 0 saturated carbocycles. The Bertz CT molecular complexity index is 975. The largest absolute Gasteiger partial charge is 1.00 e. The van der Waals surface area contributed by atoms with E-state index in [1.165, 1.54) is 115 Å². The van der Waals surface area contributed by atoms with Gasteiger partial charge in [-0.2, -0.15) is 0 Å². The van der Waals surface area contributed by atoms with E-state index in [0.717, 1.165) is 0 Å². The van der Waals surface area contributed by atoms with Crippen LogP contribution < -0.4 is 42.4 Å². The summed E-state index contributed by atoms with van der Waals surface area (Å²) in [5, 5.41) is 3.38. The Labute approximate surface area is 285 Å². The summed E-state index contributed by atoms with van der Waals surface area (Å²) in [5.41, 5.74) is 4.59. The molecule has 226 valence electrons. The number of halogens is 3. The maximum Gasteiger partial charge on any atom is -1.00 e. The third-order valence-electron chi connectivity index (χ3n) is 8.55. The van der Waals surface area contributed by atoms with Gasteiger partial charge in [-0.3, -0.25) is 0 Å². The molecular formula is C36H53Cl3SiTi. The molecule has 1 atom stereocenters. The quantitative estimate of drug-likeness (QED) is 0.146. The van der Waals surface area contributed by atoms with Gasteiger partial charge in [-0.1, -0.05) is 58.3 Å². The summed E-state index contributed by atoms with van der Waals surface area (Å²) >= 11 is 2.41. The molecule has 0 amide bonds. The van der Waals surface area contributed by atoms with Crippen LogP contribution in [-0.2, 0) is 20.4 Å². The number of hydrogen-bond acceptors (Lipinski definition) is 0. The van der Waals surface area contributed by atoms with Gasteiger partial charge in [-0.05, 0) is 0 Å². The van der Waals surface area contributed by atoms with Crippen LogP contribution in [0.2, 0.25) is 0 Å². The van der Waals surface area contributed by atoms with Gasteiger partial charge in [0.25, 0.3) is 0 Å². The molecule has 0 aromatic heterocycles. The molecule has 0 heterocycles. The Morgan fingerprint density at radius 3 is 1.46 bits per heavy atom. The minimum Gasteiger partial charge on any atom is -1.00 e. The van der Waals surface area contributed by atoms with Gasteiger partial charge >= 0.3 is 192 Å². The van der Waals surface area contributed by atoms with Crippen LogP contribution in [0.15, 0.2) is 75.3 Å². The summed E-state index contributed by atoms with van der Waals surface area (Å²) in [5.74, 6) is 0.670. The number of unbranched alkanes of at least 4 members (excludes halogenated alkanes) is 15. The van der Waals surface area contributed by atoms with E-state index in [1.807, 2.05) is 0 Å². The molecule has 3 rings (SSSR count). The topological polar surface area (TPSA) is 0 Å². The first-order valence-corrected chi connectivity index (χ1v) is 18.2. The van der Waals surface area contributed by atoms with E-state index < -0.39 is 9.52 Å². The molecule has 0 N–H and O–H groups in total. The van der Waals surface area contributed by atoms with E-state index in [9.17, 15) is 0 Å². The van der Waals surface area contributed by atoms with Crippen molar-refractivity contribution in [1.29, 1.82) is 0 Å². The fourth-order valence-corrected chi connectivity index (χ4v) is 9.54. The second kappa shape index (κ2) is 25.1. The van der Waals surface area contributed by atoms with Crippen molar-refractivity contribution >= 4 is 20.3 Å². The van der Waals surface area contributed by atoms with Gasteiger partial charge in [-0.25, -0.2) is 0 Å². The minimum atomic E-state index is -0.427. The summed E-state index contributed by atoms with van der Waals surface area (Å²) in [6, 6.07) is 22.4. The predicted molar refractivity (Wildman–Crippen MR) is 168 cm³/mol.